The molecule has 1 amide bonds. The van der Waals surface area contributed by atoms with Gasteiger partial charge in [-0.25, -0.2) is 13.8 Å². The minimum absolute atomic E-state index is 0.0874. The van der Waals surface area contributed by atoms with E-state index in [-0.39, 0.29) is 11.6 Å². The summed E-state index contributed by atoms with van der Waals surface area (Å²) in [4.78, 5) is 18.8. The quantitative estimate of drug-likeness (QED) is 0.499. The summed E-state index contributed by atoms with van der Waals surface area (Å²) in [6, 6.07) is 10.8. The first-order valence-electron chi connectivity index (χ1n) is 9.73. The summed E-state index contributed by atoms with van der Waals surface area (Å²) in [7, 11) is 0. The molecule has 0 unspecified atom stereocenters. The molecule has 156 valence electrons. The first-order valence-corrected chi connectivity index (χ1v) is 11.0. The minimum atomic E-state index is -0.703. The highest BCUT2D eigenvalue weighted by atomic mass is 35.5. The Morgan fingerprint density at radius 1 is 1.10 bits per heavy atom. The van der Waals surface area contributed by atoms with Gasteiger partial charge in [0.05, 0.1) is 5.69 Å². The first kappa shape index (κ1) is 20.8. The van der Waals surface area contributed by atoms with E-state index >= 15 is 0 Å². The number of carbonyl (C=O) groups is 1. The summed E-state index contributed by atoms with van der Waals surface area (Å²) < 4.78 is 29.4. The van der Waals surface area contributed by atoms with Gasteiger partial charge in [0.1, 0.15) is 11.5 Å². The monoisotopic (exact) mass is 447 g/mol. The van der Waals surface area contributed by atoms with Gasteiger partial charge in [-0.15, -0.1) is 11.3 Å². The lowest BCUT2D eigenvalue weighted by Crippen LogP contribution is -2.27. The highest BCUT2D eigenvalue weighted by Gasteiger charge is 2.19. The van der Waals surface area contributed by atoms with Crippen LogP contribution < -0.4 is 4.80 Å². The number of benzene rings is 2. The lowest BCUT2D eigenvalue weighted by atomic mass is 10.2. The van der Waals surface area contributed by atoms with E-state index in [0.717, 1.165) is 36.7 Å². The van der Waals surface area contributed by atoms with Crippen molar-refractivity contribution in [3.05, 3.63) is 69.3 Å². The van der Waals surface area contributed by atoms with Gasteiger partial charge in [0.25, 0.3) is 0 Å². The van der Waals surface area contributed by atoms with E-state index in [1.165, 1.54) is 23.5 Å². The number of likely N-dealkylation sites (tertiary alicyclic amines) is 1. The maximum Gasteiger partial charge on any atom is 0.222 e. The highest BCUT2D eigenvalue weighted by molar-refractivity contribution is 7.07. The summed E-state index contributed by atoms with van der Waals surface area (Å²) in [6.07, 6.45) is 2.28. The van der Waals surface area contributed by atoms with Crippen LogP contribution in [0.2, 0.25) is 5.02 Å². The van der Waals surface area contributed by atoms with Crippen LogP contribution >= 0.6 is 22.9 Å². The molecule has 2 heterocycles. The van der Waals surface area contributed by atoms with Crippen LogP contribution in [0.4, 0.5) is 14.5 Å². The molecule has 1 aliphatic heterocycles. The number of aromatic nitrogens is 1. The Balaban J connectivity index is 1.67. The van der Waals surface area contributed by atoms with Crippen molar-refractivity contribution in [2.45, 2.75) is 25.8 Å². The largest absolute Gasteiger partial charge is 0.343 e. The van der Waals surface area contributed by atoms with Crippen molar-refractivity contribution < 1.29 is 13.6 Å². The van der Waals surface area contributed by atoms with Crippen molar-refractivity contribution in [2.24, 2.45) is 4.99 Å². The van der Waals surface area contributed by atoms with E-state index in [4.69, 9.17) is 11.6 Å². The van der Waals surface area contributed by atoms with Gasteiger partial charge in [0.2, 0.25) is 5.91 Å². The molecular weight excluding hydrogens is 428 g/mol. The Kier molecular flexibility index (Phi) is 6.29. The van der Waals surface area contributed by atoms with Crippen molar-refractivity contribution in [3.63, 3.8) is 0 Å². The number of thiazole rings is 1. The molecule has 0 aliphatic carbocycles. The standard InChI is InChI=1S/C22H20ClF2N3OS/c23-16-6-4-15(5-7-16)20-14-30-22(26-19-9-8-17(24)13-18(19)25)28(20)12-2-11-27-10-1-3-21(27)29/h4-9,13-14H,1-3,10-12H2. The van der Waals surface area contributed by atoms with E-state index in [0.29, 0.717) is 29.3 Å². The minimum Gasteiger partial charge on any atom is -0.343 e. The Morgan fingerprint density at radius 3 is 2.60 bits per heavy atom. The molecule has 4 nitrogen and oxygen atoms in total. The van der Waals surface area contributed by atoms with Crippen molar-refractivity contribution in [2.75, 3.05) is 13.1 Å². The van der Waals surface area contributed by atoms with Crippen molar-refractivity contribution in [1.29, 1.82) is 0 Å². The molecule has 8 heteroatoms. The summed E-state index contributed by atoms with van der Waals surface area (Å²) in [5.74, 6) is -1.14. The van der Waals surface area contributed by atoms with Crippen LogP contribution in [-0.2, 0) is 11.3 Å². The fourth-order valence-electron chi connectivity index (χ4n) is 3.52. The molecule has 2 aromatic carbocycles. The maximum atomic E-state index is 14.1. The van der Waals surface area contributed by atoms with Gasteiger partial charge in [-0.1, -0.05) is 23.7 Å². The van der Waals surface area contributed by atoms with Gasteiger partial charge < -0.3 is 9.47 Å². The van der Waals surface area contributed by atoms with Crippen LogP contribution in [0, 0.1) is 11.6 Å². The Hall–Kier alpha value is -2.51. The van der Waals surface area contributed by atoms with E-state index in [1.807, 2.05) is 39.1 Å². The van der Waals surface area contributed by atoms with Crippen LogP contribution in [0.25, 0.3) is 11.3 Å². The normalized spacial score (nSPS) is 14.7. The average molecular weight is 448 g/mol. The highest BCUT2D eigenvalue weighted by Crippen LogP contribution is 2.24. The van der Waals surface area contributed by atoms with Crippen molar-refractivity contribution in [1.82, 2.24) is 9.47 Å². The molecule has 1 fully saturated rings. The van der Waals surface area contributed by atoms with Crippen LogP contribution in [0.1, 0.15) is 19.3 Å². The SMILES string of the molecule is O=C1CCCN1CCCn1c(-c2ccc(Cl)cc2)csc1=Nc1ccc(F)cc1F. The van der Waals surface area contributed by atoms with Crippen molar-refractivity contribution >= 4 is 34.5 Å². The van der Waals surface area contributed by atoms with Gasteiger partial charge in [-0.2, -0.15) is 0 Å². The third kappa shape index (κ3) is 4.63. The Bertz CT molecular complexity index is 1120. The van der Waals surface area contributed by atoms with E-state index in [1.54, 1.807) is 0 Å². The molecule has 0 bridgehead atoms. The van der Waals surface area contributed by atoms with E-state index in [9.17, 15) is 13.6 Å². The van der Waals surface area contributed by atoms with Crippen LogP contribution in [0.15, 0.2) is 52.8 Å². The molecule has 1 saturated heterocycles. The van der Waals surface area contributed by atoms with Gasteiger partial charge >= 0.3 is 0 Å². The first-order chi connectivity index (χ1) is 14.5. The topological polar surface area (TPSA) is 37.6 Å². The zero-order valence-electron chi connectivity index (χ0n) is 16.2. The summed E-state index contributed by atoms with van der Waals surface area (Å²) in [5.41, 5.74) is 1.99. The lowest BCUT2D eigenvalue weighted by Gasteiger charge is -2.16. The third-order valence-electron chi connectivity index (χ3n) is 5.04. The van der Waals surface area contributed by atoms with Crippen LogP contribution in [0.3, 0.4) is 0 Å². The average Bonchev–Trinajstić information content (AvgIpc) is 3.31. The fraction of sp³-hybridized carbons (Fsp3) is 0.273. The van der Waals surface area contributed by atoms with E-state index in [2.05, 4.69) is 4.99 Å². The number of halogens is 3. The second-order valence-corrected chi connectivity index (χ2v) is 8.38. The van der Waals surface area contributed by atoms with Crippen LogP contribution in [0.5, 0.6) is 0 Å². The zero-order chi connectivity index (χ0) is 21.1. The number of hydrogen-bond acceptors (Lipinski definition) is 3. The lowest BCUT2D eigenvalue weighted by molar-refractivity contribution is -0.127. The predicted molar refractivity (Wildman–Crippen MR) is 115 cm³/mol. The molecule has 1 aliphatic rings. The summed E-state index contributed by atoms with van der Waals surface area (Å²) >= 11 is 7.41. The molecular formula is C22H20ClF2N3OS. The number of carbonyl (C=O) groups excluding carboxylic acids is 1. The molecule has 0 N–H and O–H groups in total. The number of nitrogens with zero attached hydrogens (tertiary/aromatic N) is 3. The van der Waals surface area contributed by atoms with Gasteiger partial charge in [-0.05, 0) is 42.7 Å². The molecule has 0 radical (unpaired) electrons. The summed E-state index contributed by atoms with van der Waals surface area (Å²) in [6.45, 7) is 2.09. The van der Waals surface area contributed by atoms with Gasteiger partial charge in [0, 0.05) is 42.5 Å². The third-order valence-corrected chi connectivity index (χ3v) is 6.16. The summed E-state index contributed by atoms with van der Waals surface area (Å²) in [5, 5.41) is 2.61. The predicted octanol–water partition coefficient (Wildman–Crippen LogP) is 5.39. The molecule has 30 heavy (non-hydrogen) atoms. The molecule has 1 aromatic heterocycles. The molecule has 3 aromatic rings. The molecule has 0 saturated carbocycles. The second kappa shape index (κ2) is 9.10. The number of rotatable bonds is 6. The molecule has 4 rings (SSSR count). The smallest absolute Gasteiger partial charge is 0.222 e. The number of hydrogen-bond donors (Lipinski definition) is 0. The maximum absolute atomic E-state index is 14.1. The van der Waals surface area contributed by atoms with Crippen molar-refractivity contribution in [3.8, 4) is 11.3 Å². The van der Waals surface area contributed by atoms with Gasteiger partial charge in [0.15, 0.2) is 10.6 Å². The number of amides is 1. The Morgan fingerprint density at radius 2 is 1.90 bits per heavy atom. The fourth-order valence-corrected chi connectivity index (χ4v) is 4.60. The second-order valence-electron chi connectivity index (χ2n) is 7.11. The zero-order valence-corrected chi connectivity index (χ0v) is 17.7. The van der Waals surface area contributed by atoms with E-state index < -0.39 is 11.6 Å². The van der Waals surface area contributed by atoms with Gasteiger partial charge in [-0.3, -0.25) is 4.79 Å². The Labute approximate surface area is 182 Å². The van der Waals surface area contributed by atoms with Crippen LogP contribution in [-0.4, -0.2) is 28.5 Å². The molecule has 0 atom stereocenters. The molecule has 0 spiro atoms.